The first kappa shape index (κ1) is 9.25. The van der Waals surface area contributed by atoms with Gasteiger partial charge < -0.3 is 0 Å². The van der Waals surface area contributed by atoms with E-state index in [-0.39, 0.29) is 0 Å². The molecule has 0 bridgehead atoms. The van der Waals surface area contributed by atoms with Crippen LogP contribution in [0.25, 0.3) is 10.9 Å². The van der Waals surface area contributed by atoms with Gasteiger partial charge in [0.05, 0.1) is 11.7 Å². The molecule has 0 saturated carbocycles. The number of hydrogen-bond donors (Lipinski definition) is 1. The standard InChI is InChI=1S/C12H16N2/c1-12(2,3)7-9-4-5-11-10(6-9)8-13-14-11/h4-6,8H,7H2,1-3H3,(H,13,14). The van der Waals surface area contributed by atoms with Crippen LogP contribution in [0, 0.1) is 5.41 Å². The quantitative estimate of drug-likeness (QED) is 0.731. The molecule has 2 heteroatoms. The minimum absolute atomic E-state index is 0.345. The molecule has 2 aromatic rings. The number of aromatic nitrogens is 2. The van der Waals surface area contributed by atoms with E-state index in [4.69, 9.17) is 0 Å². The van der Waals surface area contributed by atoms with E-state index in [1.165, 1.54) is 10.9 Å². The Kier molecular flexibility index (Phi) is 2.06. The molecule has 0 amide bonds. The van der Waals surface area contributed by atoms with Crippen LogP contribution in [0.2, 0.25) is 0 Å². The molecule has 0 fully saturated rings. The number of rotatable bonds is 1. The molecule has 0 radical (unpaired) electrons. The van der Waals surface area contributed by atoms with Crippen LogP contribution in [0.1, 0.15) is 26.3 Å². The third-order valence-corrected chi connectivity index (χ3v) is 2.24. The zero-order valence-corrected chi connectivity index (χ0v) is 8.96. The Morgan fingerprint density at radius 2 is 2.07 bits per heavy atom. The maximum absolute atomic E-state index is 4.01. The van der Waals surface area contributed by atoms with Crippen LogP contribution in [-0.2, 0) is 6.42 Å². The number of benzene rings is 1. The topological polar surface area (TPSA) is 28.7 Å². The first-order valence-electron chi connectivity index (χ1n) is 4.97. The van der Waals surface area contributed by atoms with E-state index in [0.717, 1.165) is 11.9 Å². The second kappa shape index (κ2) is 3.12. The maximum atomic E-state index is 4.01. The van der Waals surface area contributed by atoms with Crippen LogP contribution >= 0.6 is 0 Å². The molecule has 74 valence electrons. The molecule has 1 N–H and O–H groups in total. The Hall–Kier alpha value is -1.31. The van der Waals surface area contributed by atoms with Crippen molar-refractivity contribution in [2.24, 2.45) is 5.41 Å². The van der Waals surface area contributed by atoms with Crippen LogP contribution in [-0.4, -0.2) is 10.2 Å². The van der Waals surface area contributed by atoms with Gasteiger partial charge in [0.2, 0.25) is 0 Å². The summed E-state index contributed by atoms with van der Waals surface area (Å²) in [7, 11) is 0. The molecule has 14 heavy (non-hydrogen) atoms. The fraction of sp³-hybridized carbons (Fsp3) is 0.417. The summed E-state index contributed by atoms with van der Waals surface area (Å²) >= 11 is 0. The first-order valence-corrected chi connectivity index (χ1v) is 4.97. The van der Waals surface area contributed by atoms with Crippen molar-refractivity contribution >= 4 is 10.9 Å². The van der Waals surface area contributed by atoms with E-state index in [1.54, 1.807) is 0 Å². The van der Waals surface area contributed by atoms with Crippen molar-refractivity contribution < 1.29 is 0 Å². The van der Waals surface area contributed by atoms with Crippen molar-refractivity contribution in [3.05, 3.63) is 30.0 Å². The highest BCUT2D eigenvalue weighted by molar-refractivity contribution is 5.78. The van der Waals surface area contributed by atoms with Gasteiger partial charge in [0, 0.05) is 5.39 Å². The van der Waals surface area contributed by atoms with E-state index in [9.17, 15) is 0 Å². The summed E-state index contributed by atoms with van der Waals surface area (Å²) in [5.41, 5.74) is 2.84. The van der Waals surface area contributed by atoms with Gasteiger partial charge in [0.25, 0.3) is 0 Å². The Morgan fingerprint density at radius 3 is 2.79 bits per heavy atom. The normalized spacial score (nSPS) is 12.2. The Balaban J connectivity index is 2.35. The molecular weight excluding hydrogens is 172 g/mol. The van der Waals surface area contributed by atoms with Crippen LogP contribution < -0.4 is 0 Å². The minimum Gasteiger partial charge on any atom is -0.278 e. The molecule has 1 aromatic heterocycles. The van der Waals surface area contributed by atoms with Gasteiger partial charge in [-0.05, 0) is 29.5 Å². The van der Waals surface area contributed by atoms with E-state index in [0.29, 0.717) is 5.41 Å². The number of hydrogen-bond acceptors (Lipinski definition) is 1. The van der Waals surface area contributed by atoms with Gasteiger partial charge in [-0.1, -0.05) is 26.8 Å². The number of H-pyrrole nitrogens is 1. The predicted molar refractivity (Wildman–Crippen MR) is 59.3 cm³/mol. The molecule has 1 heterocycles. The molecule has 0 spiro atoms. The largest absolute Gasteiger partial charge is 0.278 e. The van der Waals surface area contributed by atoms with Crippen molar-refractivity contribution in [1.82, 2.24) is 10.2 Å². The lowest BCUT2D eigenvalue weighted by molar-refractivity contribution is 0.411. The van der Waals surface area contributed by atoms with Gasteiger partial charge in [-0.2, -0.15) is 5.10 Å². The van der Waals surface area contributed by atoms with Crippen molar-refractivity contribution in [1.29, 1.82) is 0 Å². The number of aromatic amines is 1. The fourth-order valence-corrected chi connectivity index (χ4v) is 1.71. The smallest absolute Gasteiger partial charge is 0.0650 e. The average molecular weight is 188 g/mol. The monoisotopic (exact) mass is 188 g/mol. The summed E-state index contributed by atoms with van der Waals surface area (Å²) in [4.78, 5) is 0. The van der Waals surface area contributed by atoms with Gasteiger partial charge in [-0.15, -0.1) is 0 Å². The van der Waals surface area contributed by atoms with Crippen molar-refractivity contribution in [2.45, 2.75) is 27.2 Å². The van der Waals surface area contributed by atoms with Gasteiger partial charge in [0.1, 0.15) is 0 Å². The van der Waals surface area contributed by atoms with E-state index < -0.39 is 0 Å². The molecule has 1 aromatic carbocycles. The van der Waals surface area contributed by atoms with Gasteiger partial charge >= 0.3 is 0 Å². The second-order valence-electron chi connectivity index (χ2n) is 5.03. The predicted octanol–water partition coefficient (Wildman–Crippen LogP) is 3.15. The average Bonchev–Trinajstić information content (AvgIpc) is 2.47. The van der Waals surface area contributed by atoms with Crippen LogP contribution in [0.15, 0.2) is 24.4 Å². The molecule has 0 aliphatic carbocycles. The van der Waals surface area contributed by atoms with Crippen LogP contribution in [0.3, 0.4) is 0 Å². The van der Waals surface area contributed by atoms with Crippen molar-refractivity contribution in [3.8, 4) is 0 Å². The summed E-state index contributed by atoms with van der Waals surface area (Å²) in [6.07, 6.45) is 2.98. The van der Waals surface area contributed by atoms with E-state index in [2.05, 4.69) is 49.2 Å². The summed E-state index contributed by atoms with van der Waals surface area (Å²) in [5, 5.41) is 8.17. The summed E-state index contributed by atoms with van der Waals surface area (Å²) in [6, 6.07) is 6.49. The molecule has 0 aliphatic rings. The lowest BCUT2D eigenvalue weighted by Gasteiger charge is -2.17. The van der Waals surface area contributed by atoms with Crippen molar-refractivity contribution in [2.75, 3.05) is 0 Å². The van der Waals surface area contributed by atoms with E-state index >= 15 is 0 Å². The lowest BCUT2D eigenvalue weighted by Crippen LogP contribution is -2.08. The zero-order valence-electron chi connectivity index (χ0n) is 8.96. The molecule has 0 unspecified atom stereocenters. The molecule has 2 rings (SSSR count). The molecule has 0 aliphatic heterocycles. The minimum atomic E-state index is 0.345. The zero-order chi connectivity index (χ0) is 10.2. The Labute approximate surface area is 84.3 Å². The maximum Gasteiger partial charge on any atom is 0.0650 e. The Morgan fingerprint density at radius 1 is 1.29 bits per heavy atom. The first-order chi connectivity index (χ1) is 6.54. The Bertz CT molecular complexity index is 435. The SMILES string of the molecule is CC(C)(C)Cc1ccc2[nH]ncc2c1. The third kappa shape index (κ3) is 1.95. The van der Waals surface area contributed by atoms with Gasteiger partial charge in [-0.3, -0.25) is 5.10 Å². The lowest BCUT2D eigenvalue weighted by atomic mass is 9.88. The highest BCUT2D eigenvalue weighted by Crippen LogP contribution is 2.22. The molecular formula is C12H16N2. The number of nitrogens with one attached hydrogen (secondary N) is 1. The summed E-state index contributed by atoms with van der Waals surface area (Å²) < 4.78 is 0. The van der Waals surface area contributed by atoms with E-state index in [1.807, 2.05) is 6.20 Å². The van der Waals surface area contributed by atoms with Gasteiger partial charge in [0.15, 0.2) is 0 Å². The second-order valence-corrected chi connectivity index (χ2v) is 5.03. The third-order valence-electron chi connectivity index (χ3n) is 2.24. The van der Waals surface area contributed by atoms with Crippen molar-refractivity contribution in [3.63, 3.8) is 0 Å². The highest BCUT2D eigenvalue weighted by Gasteiger charge is 2.11. The molecule has 0 saturated heterocycles. The molecule has 2 nitrogen and oxygen atoms in total. The number of nitrogens with zero attached hydrogens (tertiary/aromatic N) is 1. The van der Waals surface area contributed by atoms with Crippen LogP contribution in [0.4, 0.5) is 0 Å². The van der Waals surface area contributed by atoms with Gasteiger partial charge in [-0.25, -0.2) is 0 Å². The fourth-order valence-electron chi connectivity index (χ4n) is 1.71. The summed E-state index contributed by atoms with van der Waals surface area (Å²) in [6.45, 7) is 6.77. The highest BCUT2D eigenvalue weighted by atomic mass is 15.1. The summed E-state index contributed by atoms with van der Waals surface area (Å²) in [5.74, 6) is 0. The molecule has 0 atom stereocenters. The number of fused-ring (bicyclic) bond motifs is 1. The van der Waals surface area contributed by atoms with Crippen LogP contribution in [0.5, 0.6) is 0 Å².